The minimum atomic E-state index is -3.42. The molecule has 0 aliphatic rings. The highest BCUT2D eigenvalue weighted by Gasteiger charge is 2.24. The van der Waals surface area contributed by atoms with Crippen molar-refractivity contribution in [3.8, 4) is 28.5 Å². The molecule has 1 unspecified atom stereocenters. The van der Waals surface area contributed by atoms with Crippen LogP contribution in [0.25, 0.3) is 22.8 Å². The Balaban J connectivity index is 2.01. The molecule has 198 valence electrons. The van der Waals surface area contributed by atoms with Crippen LogP contribution in [0.2, 0.25) is 0 Å². The van der Waals surface area contributed by atoms with Gasteiger partial charge in [-0.25, -0.2) is 9.78 Å². The molecule has 0 bridgehead atoms. The number of aromatic nitrogens is 3. The molecule has 37 heavy (non-hydrogen) atoms. The van der Waals surface area contributed by atoms with Crippen molar-refractivity contribution in [2.75, 3.05) is 0 Å². The van der Waals surface area contributed by atoms with Crippen molar-refractivity contribution in [2.45, 2.75) is 66.3 Å². The quantitative estimate of drug-likeness (QED) is 0.287. The van der Waals surface area contributed by atoms with E-state index in [-0.39, 0.29) is 17.0 Å². The second kappa shape index (κ2) is 12.0. The second-order valence-corrected chi connectivity index (χ2v) is 10.6. The molecule has 2 aromatic carbocycles. The van der Waals surface area contributed by atoms with Crippen LogP contribution in [0, 0.1) is 5.41 Å². The number of alkyl halides is 2. The molecule has 9 heteroatoms. The first kappa shape index (κ1) is 28.5. The molecule has 0 saturated heterocycles. The number of H-pyrrole nitrogens is 1. The van der Waals surface area contributed by atoms with Crippen molar-refractivity contribution >= 4 is 9.24 Å². The van der Waals surface area contributed by atoms with Crippen molar-refractivity contribution in [2.24, 2.45) is 5.41 Å². The Morgan fingerprint density at radius 1 is 1.14 bits per heavy atom. The molecule has 3 aromatic rings. The minimum Gasteiger partial charge on any atom is -0.430 e. The molecule has 0 radical (unpaired) electrons. The number of hydrogen-bond donors (Lipinski definition) is 2. The van der Waals surface area contributed by atoms with Gasteiger partial charge in [0.2, 0.25) is 0 Å². The summed E-state index contributed by atoms with van der Waals surface area (Å²) in [5, 5.41) is 3.56. The Hall–Kier alpha value is -3.12. The monoisotopic (exact) mass is 528 g/mol. The summed E-state index contributed by atoms with van der Waals surface area (Å²) in [6.07, 6.45) is 4.86. The zero-order valence-corrected chi connectivity index (χ0v) is 23.1. The predicted octanol–water partition coefficient (Wildman–Crippen LogP) is 6.69. The Kier molecular flexibility index (Phi) is 9.19. The van der Waals surface area contributed by atoms with E-state index in [4.69, 9.17) is 0 Å². The fraction of sp³-hybridized carbons (Fsp3) is 0.393. The molecule has 0 aliphatic heterocycles. The molecule has 6 nitrogen and oxygen atoms in total. The average molecular weight is 529 g/mol. The van der Waals surface area contributed by atoms with Crippen LogP contribution in [0.5, 0.6) is 5.75 Å². The highest BCUT2D eigenvalue weighted by atomic mass is 31.0. The zero-order chi connectivity index (χ0) is 27.2. The number of nitrogens with zero attached hydrogens (tertiary/aromatic N) is 2. The standard InChI is InChI=1S/C28H35F2N4O2P/c1-6-9-19-14-13-18(17-31-23(10-7-2)27(3,4)5)15-22(19)25-32-24(33-26(35)34-25)20-11-8-12-21(16-20)36-28(29,30)37/h8,10-16,31H,6-7,9,17,37H2,1-5H3,(H,32,33,34,35)/b23-10-. The second-order valence-electron chi connectivity index (χ2n) is 9.89. The molecule has 1 atom stereocenters. The first-order valence-electron chi connectivity index (χ1n) is 12.4. The van der Waals surface area contributed by atoms with E-state index in [9.17, 15) is 13.6 Å². The van der Waals surface area contributed by atoms with Gasteiger partial charge in [-0.15, -0.1) is 0 Å². The number of aryl methyl sites for hydroxylation is 1. The molecule has 0 spiro atoms. The lowest BCUT2D eigenvalue weighted by molar-refractivity contribution is -0.0891. The van der Waals surface area contributed by atoms with Gasteiger partial charge in [0, 0.05) is 28.8 Å². The number of aromatic amines is 1. The predicted molar refractivity (Wildman–Crippen MR) is 147 cm³/mol. The number of ether oxygens (including phenoxy) is 1. The van der Waals surface area contributed by atoms with Gasteiger partial charge in [-0.2, -0.15) is 13.8 Å². The Bertz CT molecular complexity index is 1310. The number of allylic oxidation sites excluding steroid dienone is 2. The maximum Gasteiger partial charge on any atom is 0.408 e. The van der Waals surface area contributed by atoms with Gasteiger partial charge in [0.25, 0.3) is 0 Å². The van der Waals surface area contributed by atoms with E-state index in [1.165, 1.54) is 27.1 Å². The molecule has 2 N–H and O–H groups in total. The fourth-order valence-corrected chi connectivity index (χ4v) is 4.12. The van der Waals surface area contributed by atoms with Crippen LogP contribution >= 0.6 is 9.24 Å². The Morgan fingerprint density at radius 3 is 2.54 bits per heavy atom. The van der Waals surface area contributed by atoms with Crippen molar-refractivity contribution in [1.82, 2.24) is 20.3 Å². The third kappa shape index (κ3) is 8.19. The SMILES string of the molecule is CC/C=C(\NCc1ccc(CCC)c(-c2nc(-c3cccc(OC(F)(F)P)c3)nc(=O)[nH]2)c1)C(C)(C)C. The third-order valence-electron chi connectivity index (χ3n) is 5.64. The van der Waals surface area contributed by atoms with E-state index >= 15 is 0 Å². The molecular formula is C28H35F2N4O2P. The van der Waals surface area contributed by atoms with Gasteiger partial charge in [-0.1, -0.05) is 71.4 Å². The van der Waals surface area contributed by atoms with Crippen molar-refractivity contribution in [3.05, 3.63) is 75.8 Å². The average Bonchev–Trinajstić information content (AvgIpc) is 2.80. The maximum atomic E-state index is 13.3. The Morgan fingerprint density at radius 2 is 1.89 bits per heavy atom. The third-order valence-corrected chi connectivity index (χ3v) is 5.76. The van der Waals surface area contributed by atoms with Crippen LogP contribution < -0.4 is 15.7 Å². The summed E-state index contributed by atoms with van der Waals surface area (Å²) in [6.45, 7) is 11.3. The van der Waals surface area contributed by atoms with Gasteiger partial charge in [0.1, 0.15) is 11.6 Å². The van der Waals surface area contributed by atoms with Crippen LogP contribution in [-0.2, 0) is 13.0 Å². The minimum absolute atomic E-state index is 0.00748. The van der Waals surface area contributed by atoms with E-state index in [0.717, 1.165) is 36.0 Å². The summed E-state index contributed by atoms with van der Waals surface area (Å²) >= 11 is 0. The van der Waals surface area contributed by atoms with Crippen LogP contribution in [0.4, 0.5) is 8.78 Å². The van der Waals surface area contributed by atoms with Crippen LogP contribution in [0.15, 0.2) is 59.0 Å². The van der Waals surface area contributed by atoms with E-state index in [1.54, 1.807) is 12.1 Å². The number of halogens is 2. The lowest BCUT2D eigenvalue weighted by Crippen LogP contribution is -2.24. The fourth-order valence-electron chi connectivity index (χ4n) is 3.98. The summed E-state index contributed by atoms with van der Waals surface area (Å²) in [4.78, 5) is 23.9. The topological polar surface area (TPSA) is 79.9 Å². The van der Waals surface area contributed by atoms with Gasteiger partial charge in [0.15, 0.2) is 5.82 Å². The number of nitrogens with one attached hydrogen (secondary N) is 2. The highest BCUT2D eigenvalue weighted by molar-refractivity contribution is 7.17. The largest absolute Gasteiger partial charge is 0.430 e. The van der Waals surface area contributed by atoms with E-state index in [2.05, 4.69) is 77.8 Å². The van der Waals surface area contributed by atoms with Crippen LogP contribution in [-0.4, -0.2) is 20.8 Å². The molecule has 0 fully saturated rings. The summed E-state index contributed by atoms with van der Waals surface area (Å²) in [6, 6.07) is 12.2. The van der Waals surface area contributed by atoms with Gasteiger partial charge in [-0.3, -0.25) is 4.98 Å². The molecule has 0 saturated carbocycles. The van der Waals surface area contributed by atoms with E-state index < -0.39 is 11.5 Å². The summed E-state index contributed by atoms with van der Waals surface area (Å²) in [5.74, 6) is -2.97. The van der Waals surface area contributed by atoms with E-state index in [0.29, 0.717) is 17.9 Å². The zero-order valence-electron chi connectivity index (χ0n) is 22.0. The van der Waals surface area contributed by atoms with Crippen molar-refractivity contribution < 1.29 is 13.5 Å². The molecule has 0 amide bonds. The molecular weight excluding hydrogens is 493 g/mol. The first-order valence-corrected chi connectivity index (χ1v) is 13.0. The van der Waals surface area contributed by atoms with E-state index in [1.807, 2.05) is 6.07 Å². The smallest absolute Gasteiger partial charge is 0.408 e. The highest BCUT2D eigenvalue weighted by Crippen LogP contribution is 2.30. The number of hydrogen-bond acceptors (Lipinski definition) is 5. The van der Waals surface area contributed by atoms with Gasteiger partial charge < -0.3 is 10.1 Å². The van der Waals surface area contributed by atoms with Gasteiger partial charge in [0.05, 0.1) is 0 Å². The molecule has 3 rings (SSSR count). The Labute approximate surface area is 219 Å². The molecule has 0 aliphatic carbocycles. The first-order chi connectivity index (χ1) is 17.4. The summed E-state index contributed by atoms with van der Waals surface area (Å²) < 4.78 is 31.3. The number of benzene rings is 2. The normalized spacial score (nSPS) is 12.5. The molecule has 1 heterocycles. The lowest BCUT2D eigenvalue weighted by Gasteiger charge is -2.25. The van der Waals surface area contributed by atoms with Crippen molar-refractivity contribution in [3.63, 3.8) is 0 Å². The summed E-state index contributed by atoms with van der Waals surface area (Å²) in [7, 11) is 1.34. The van der Waals surface area contributed by atoms with Gasteiger partial charge >= 0.3 is 11.5 Å². The van der Waals surface area contributed by atoms with Crippen LogP contribution in [0.1, 0.15) is 58.6 Å². The van der Waals surface area contributed by atoms with Crippen molar-refractivity contribution in [1.29, 1.82) is 0 Å². The van der Waals surface area contributed by atoms with Crippen LogP contribution in [0.3, 0.4) is 0 Å². The maximum absolute atomic E-state index is 13.3. The molecule has 1 aromatic heterocycles. The number of rotatable bonds is 10. The summed E-state index contributed by atoms with van der Waals surface area (Å²) in [5.41, 5.74) is 3.88. The van der Waals surface area contributed by atoms with Gasteiger partial charge in [-0.05, 0) is 51.4 Å². The lowest BCUT2D eigenvalue weighted by atomic mass is 9.91.